The largest absolute Gasteiger partial charge is 0.351 e. The monoisotopic (exact) mass is 169 g/mol. The number of hydrogen-bond acceptors (Lipinski definition) is 3. The Morgan fingerprint density at radius 1 is 1.58 bits per heavy atom. The normalized spacial score (nSPS) is 39.6. The summed E-state index contributed by atoms with van der Waals surface area (Å²) in [5.74, 6) is 0.357. The lowest BCUT2D eigenvalue weighted by molar-refractivity contribution is -0.124. The van der Waals surface area contributed by atoms with Gasteiger partial charge in [-0.1, -0.05) is 0 Å². The Bertz CT molecular complexity index is 189. The molecule has 1 saturated heterocycles. The minimum atomic E-state index is 0.179. The zero-order chi connectivity index (χ0) is 8.55. The van der Waals surface area contributed by atoms with Crippen LogP contribution in [0.4, 0.5) is 0 Å². The van der Waals surface area contributed by atoms with Crippen LogP contribution in [0, 0.1) is 5.92 Å². The summed E-state index contributed by atoms with van der Waals surface area (Å²) in [6.07, 6.45) is 1.92. The van der Waals surface area contributed by atoms with Crippen LogP contribution in [0.2, 0.25) is 0 Å². The first-order chi connectivity index (χ1) is 5.77. The van der Waals surface area contributed by atoms with Crippen molar-refractivity contribution in [1.82, 2.24) is 10.6 Å². The molecule has 2 aliphatic rings. The van der Waals surface area contributed by atoms with Crippen LogP contribution in [0.15, 0.2) is 0 Å². The van der Waals surface area contributed by atoms with Gasteiger partial charge in [0.1, 0.15) is 0 Å². The molecule has 0 bridgehead atoms. The molecule has 4 nitrogen and oxygen atoms in total. The second-order valence-electron chi connectivity index (χ2n) is 3.70. The molecular formula is C8H15N3O. The maximum absolute atomic E-state index is 11.4. The fourth-order valence-corrected chi connectivity index (χ4v) is 1.56. The van der Waals surface area contributed by atoms with Crippen molar-refractivity contribution in [3.05, 3.63) is 0 Å². The van der Waals surface area contributed by atoms with Crippen molar-refractivity contribution in [2.24, 2.45) is 11.7 Å². The number of nitrogens with two attached hydrogens (primary N) is 1. The smallest absolute Gasteiger partial charge is 0.224 e. The van der Waals surface area contributed by atoms with E-state index in [0.29, 0.717) is 0 Å². The molecule has 1 amide bonds. The van der Waals surface area contributed by atoms with Crippen molar-refractivity contribution >= 4 is 5.91 Å². The third kappa shape index (κ3) is 1.59. The van der Waals surface area contributed by atoms with Crippen molar-refractivity contribution in [3.63, 3.8) is 0 Å². The third-order valence-corrected chi connectivity index (χ3v) is 2.60. The van der Waals surface area contributed by atoms with Crippen LogP contribution >= 0.6 is 0 Å². The van der Waals surface area contributed by atoms with E-state index in [-0.39, 0.29) is 23.9 Å². The minimum absolute atomic E-state index is 0.179. The van der Waals surface area contributed by atoms with Gasteiger partial charge < -0.3 is 16.4 Å². The zero-order valence-corrected chi connectivity index (χ0v) is 7.05. The Kier molecular flexibility index (Phi) is 2.02. The first-order valence-corrected chi connectivity index (χ1v) is 4.54. The third-order valence-electron chi connectivity index (χ3n) is 2.60. The average Bonchev–Trinajstić information content (AvgIpc) is 2.58. The number of nitrogens with one attached hydrogen (secondary N) is 2. The molecule has 1 aliphatic heterocycles. The maximum atomic E-state index is 11.4. The van der Waals surface area contributed by atoms with E-state index in [9.17, 15) is 4.79 Å². The van der Waals surface area contributed by atoms with E-state index in [1.807, 2.05) is 0 Å². The summed E-state index contributed by atoms with van der Waals surface area (Å²) < 4.78 is 0. The Hall–Kier alpha value is -0.610. The molecule has 2 fully saturated rings. The van der Waals surface area contributed by atoms with Gasteiger partial charge in [0, 0.05) is 18.6 Å². The van der Waals surface area contributed by atoms with Crippen LogP contribution in [-0.4, -0.2) is 31.1 Å². The summed E-state index contributed by atoms with van der Waals surface area (Å²) in [7, 11) is 0. The van der Waals surface area contributed by atoms with E-state index in [1.165, 1.54) is 0 Å². The van der Waals surface area contributed by atoms with Gasteiger partial charge in [0.25, 0.3) is 0 Å². The molecule has 0 aromatic heterocycles. The van der Waals surface area contributed by atoms with E-state index in [0.717, 1.165) is 25.9 Å². The van der Waals surface area contributed by atoms with Crippen LogP contribution in [0.1, 0.15) is 12.8 Å². The fourth-order valence-electron chi connectivity index (χ4n) is 1.56. The quantitative estimate of drug-likeness (QED) is 0.487. The lowest BCUT2D eigenvalue weighted by atomic mass is 10.1. The summed E-state index contributed by atoms with van der Waals surface area (Å²) in [5, 5.41) is 6.11. The first kappa shape index (κ1) is 8.01. The van der Waals surface area contributed by atoms with Crippen LogP contribution in [0.5, 0.6) is 0 Å². The minimum Gasteiger partial charge on any atom is -0.351 e. The maximum Gasteiger partial charge on any atom is 0.224 e. The van der Waals surface area contributed by atoms with E-state index >= 15 is 0 Å². The molecule has 3 atom stereocenters. The number of amides is 1. The van der Waals surface area contributed by atoms with Crippen molar-refractivity contribution in [3.8, 4) is 0 Å². The molecule has 1 aliphatic carbocycles. The van der Waals surface area contributed by atoms with Crippen LogP contribution < -0.4 is 16.4 Å². The highest BCUT2D eigenvalue weighted by atomic mass is 16.2. The summed E-state index contributed by atoms with van der Waals surface area (Å²) in [6.45, 7) is 1.79. The van der Waals surface area contributed by atoms with E-state index in [2.05, 4.69) is 10.6 Å². The SMILES string of the molecule is NC1CC1NC(=O)[C@H]1CCNC1. The van der Waals surface area contributed by atoms with E-state index < -0.39 is 0 Å². The topological polar surface area (TPSA) is 67.1 Å². The highest BCUT2D eigenvalue weighted by Crippen LogP contribution is 2.19. The number of carbonyl (C=O) groups is 1. The Morgan fingerprint density at radius 3 is 2.83 bits per heavy atom. The predicted octanol–water partition coefficient (Wildman–Crippen LogP) is -1.19. The summed E-state index contributed by atoms with van der Waals surface area (Å²) in [4.78, 5) is 11.4. The summed E-state index contributed by atoms with van der Waals surface area (Å²) in [6, 6.07) is 0.474. The Morgan fingerprint density at radius 2 is 2.33 bits per heavy atom. The summed E-state index contributed by atoms with van der Waals surface area (Å²) >= 11 is 0. The fraction of sp³-hybridized carbons (Fsp3) is 0.875. The molecule has 68 valence electrons. The van der Waals surface area contributed by atoms with Gasteiger partial charge in [-0.2, -0.15) is 0 Å². The highest BCUT2D eigenvalue weighted by molar-refractivity contribution is 5.80. The van der Waals surface area contributed by atoms with Gasteiger partial charge in [0.2, 0.25) is 5.91 Å². The Balaban J connectivity index is 1.76. The molecule has 4 N–H and O–H groups in total. The van der Waals surface area contributed by atoms with E-state index in [1.54, 1.807) is 0 Å². The van der Waals surface area contributed by atoms with Gasteiger partial charge in [0.05, 0.1) is 5.92 Å². The van der Waals surface area contributed by atoms with Crippen molar-refractivity contribution in [2.45, 2.75) is 24.9 Å². The molecule has 1 saturated carbocycles. The predicted molar refractivity (Wildman–Crippen MR) is 45.5 cm³/mol. The van der Waals surface area contributed by atoms with Crippen molar-refractivity contribution in [2.75, 3.05) is 13.1 Å². The lowest BCUT2D eigenvalue weighted by Crippen LogP contribution is -2.35. The van der Waals surface area contributed by atoms with E-state index in [4.69, 9.17) is 5.73 Å². The lowest BCUT2D eigenvalue weighted by Gasteiger charge is -2.08. The Labute approximate surface area is 71.9 Å². The second-order valence-corrected chi connectivity index (χ2v) is 3.70. The molecule has 2 unspecified atom stereocenters. The second kappa shape index (κ2) is 3.03. The zero-order valence-electron chi connectivity index (χ0n) is 7.05. The van der Waals surface area contributed by atoms with Crippen LogP contribution in [-0.2, 0) is 4.79 Å². The van der Waals surface area contributed by atoms with Gasteiger partial charge in [-0.05, 0) is 19.4 Å². The van der Waals surface area contributed by atoms with Crippen molar-refractivity contribution < 1.29 is 4.79 Å². The molecule has 0 aromatic carbocycles. The van der Waals surface area contributed by atoms with Gasteiger partial charge in [-0.15, -0.1) is 0 Å². The van der Waals surface area contributed by atoms with Gasteiger partial charge in [0.15, 0.2) is 0 Å². The standard InChI is InChI=1S/C8H15N3O/c9-6-3-7(6)11-8(12)5-1-2-10-4-5/h5-7,10H,1-4,9H2,(H,11,12)/t5-,6?,7?/m0/s1. The molecule has 2 rings (SSSR count). The molecular weight excluding hydrogens is 154 g/mol. The van der Waals surface area contributed by atoms with Gasteiger partial charge in [-0.25, -0.2) is 0 Å². The molecule has 12 heavy (non-hydrogen) atoms. The first-order valence-electron chi connectivity index (χ1n) is 4.54. The number of carbonyl (C=O) groups excluding carboxylic acids is 1. The number of hydrogen-bond donors (Lipinski definition) is 3. The summed E-state index contributed by atoms with van der Waals surface area (Å²) in [5.41, 5.74) is 5.58. The highest BCUT2D eigenvalue weighted by Gasteiger charge is 2.36. The van der Waals surface area contributed by atoms with Gasteiger partial charge in [-0.3, -0.25) is 4.79 Å². The number of rotatable bonds is 2. The molecule has 1 heterocycles. The molecule has 0 spiro atoms. The molecule has 4 heteroatoms. The molecule has 0 aromatic rings. The average molecular weight is 169 g/mol. The van der Waals surface area contributed by atoms with Crippen LogP contribution in [0.3, 0.4) is 0 Å². The van der Waals surface area contributed by atoms with Gasteiger partial charge >= 0.3 is 0 Å². The molecule has 0 radical (unpaired) electrons. The van der Waals surface area contributed by atoms with Crippen molar-refractivity contribution in [1.29, 1.82) is 0 Å². The van der Waals surface area contributed by atoms with Crippen LogP contribution in [0.25, 0.3) is 0 Å².